The van der Waals surface area contributed by atoms with Crippen molar-refractivity contribution >= 4 is 16.3 Å². The molecule has 0 aliphatic heterocycles. The maximum Gasteiger partial charge on any atom is 0.194 e. The monoisotopic (exact) mass is 319 g/mol. The molecule has 114 valence electrons. The first-order valence-electron chi connectivity index (χ1n) is 7.66. The summed E-state index contributed by atoms with van der Waals surface area (Å²) in [6.07, 6.45) is 2.77. The van der Waals surface area contributed by atoms with Gasteiger partial charge in [0.1, 0.15) is 0 Å². The number of thiazole rings is 1. The van der Waals surface area contributed by atoms with Gasteiger partial charge < -0.3 is 5.73 Å². The number of benzene rings is 2. The highest BCUT2D eigenvalue weighted by Crippen LogP contribution is 2.29. The minimum absolute atomic E-state index is 0.635. The number of aromatic nitrogens is 2. The molecule has 23 heavy (non-hydrogen) atoms. The van der Waals surface area contributed by atoms with E-state index in [0.717, 1.165) is 11.4 Å². The predicted molar refractivity (Wildman–Crippen MR) is 96.7 cm³/mol. The van der Waals surface area contributed by atoms with Crippen molar-refractivity contribution < 1.29 is 0 Å². The number of nitrogens with two attached hydrogens (primary N) is 1. The fraction of sp³-hybridized carbons (Fsp3) is 0.105. The van der Waals surface area contributed by atoms with Crippen molar-refractivity contribution in [3.63, 3.8) is 0 Å². The van der Waals surface area contributed by atoms with Crippen molar-refractivity contribution in [2.45, 2.75) is 6.42 Å². The number of hydrogen-bond acceptors (Lipinski definition) is 3. The number of imidazole rings is 1. The van der Waals surface area contributed by atoms with Crippen LogP contribution in [0, 0.1) is 0 Å². The van der Waals surface area contributed by atoms with Crippen LogP contribution >= 0.6 is 11.3 Å². The SMILES string of the molecule is NCCc1cnc2scc(-c3ccc(-c4ccccc4)cc3)n12. The normalized spacial score (nSPS) is 11.2. The second-order valence-electron chi connectivity index (χ2n) is 5.47. The third-order valence-electron chi connectivity index (χ3n) is 4.01. The molecule has 3 nitrogen and oxygen atoms in total. The minimum atomic E-state index is 0.635. The Morgan fingerprint density at radius 3 is 2.35 bits per heavy atom. The van der Waals surface area contributed by atoms with E-state index in [2.05, 4.69) is 63.3 Å². The van der Waals surface area contributed by atoms with Crippen LogP contribution in [-0.2, 0) is 6.42 Å². The second kappa shape index (κ2) is 5.99. The van der Waals surface area contributed by atoms with Crippen LogP contribution in [0.2, 0.25) is 0 Å². The summed E-state index contributed by atoms with van der Waals surface area (Å²) < 4.78 is 2.22. The van der Waals surface area contributed by atoms with Gasteiger partial charge in [-0.1, -0.05) is 54.6 Å². The van der Waals surface area contributed by atoms with E-state index in [4.69, 9.17) is 5.73 Å². The van der Waals surface area contributed by atoms with E-state index in [9.17, 15) is 0 Å². The van der Waals surface area contributed by atoms with E-state index in [1.165, 1.54) is 28.1 Å². The zero-order chi connectivity index (χ0) is 15.6. The Balaban J connectivity index is 1.75. The largest absolute Gasteiger partial charge is 0.330 e. The molecule has 0 unspecified atom stereocenters. The van der Waals surface area contributed by atoms with Gasteiger partial charge in [0.05, 0.1) is 11.9 Å². The summed E-state index contributed by atoms with van der Waals surface area (Å²) in [5, 5.41) is 2.17. The van der Waals surface area contributed by atoms with E-state index >= 15 is 0 Å². The lowest BCUT2D eigenvalue weighted by atomic mass is 10.0. The van der Waals surface area contributed by atoms with Crippen LogP contribution in [0.3, 0.4) is 0 Å². The van der Waals surface area contributed by atoms with Gasteiger partial charge in [0.2, 0.25) is 0 Å². The fourth-order valence-electron chi connectivity index (χ4n) is 2.86. The third kappa shape index (κ3) is 2.56. The lowest BCUT2D eigenvalue weighted by Crippen LogP contribution is -2.05. The van der Waals surface area contributed by atoms with Crippen molar-refractivity contribution in [3.8, 4) is 22.4 Å². The molecule has 0 aliphatic carbocycles. The molecular weight excluding hydrogens is 302 g/mol. The molecule has 0 saturated heterocycles. The van der Waals surface area contributed by atoms with Crippen molar-refractivity contribution in [2.75, 3.05) is 6.54 Å². The lowest BCUT2D eigenvalue weighted by Gasteiger charge is -2.06. The van der Waals surface area contributed by atoms with Crippen LogP contribution in [0.25, 0.3) is 27.3 Å². The van der Waals surface area contributed by atoms with E-state index in [1.807, 2.05) is 12.3 Å². The fourth-order valence-corrected chi connectivity index (χ4v) is 3.75. The molecular formula is C19H17N3S. The average molecular weight is 319 g/mol. The topological polar surface area (TPSA) is 43.3 Å². The third-order valence-corrected chi connectivity index (χ3v) is 4.85. The van der Waals surface area contributed by atoms with Crippen LogP contribution < -0.4 is 5.73 Å². The lowest BCUT2D eigenvalue weighted by molar-refractivity contribution is 0.911. The van der Waals surface area contributed by atoms with Crippen LogP contribution in [0.1, 0.15) is 5.69 Å². The molecule has 0 bridgehead atoms. The molecule has 2 heterocycles. The maximum absolute atomic E-state index is 5.71. The molecule has 0 radical (unpaired) electrons. The number of hydrogen-bond donors (Lipinski definition) is 1. The van der Waals surface area contributed by atoms with Crippen LogP contribution in [0.5, 0.6) is 0 Å². The molecule has 2 aromatic heterocycles. The van der Waals surface area contributed by atoms with E-state index in [-0.39, 0.29) is 0 Å². The molecule has 2 aromatic carbocycles. The van der Waals surface area contributed by atoms with Crippen molar-refractivity contribution in [1.29, 1.82) is 0 Å². The molecule has 0 spiro atoms. The van der Waals surface area contributed by atoms with Crippen molar-refractivity contribution in [1.82, 2.24) is 9.38 Å². The van der Waals surface area contributed by atoms with Gasteiger partial charge in [-0.2, -0.15) is 0 Å². The smallest absolute Gasteiger partial charge is 0.194 e. The van der Waals surface area contributed by atoms with E-state index in [0.29, 0.717) is 6.54 Å². The van der Waals surface area contributed by atoms with Crippen molar-refractivity contribution in [2.24, 2.45) is 5.73 Å². The summed E-state index contributed by atoms with van der Waals surface area (Å²) in [5.74, 6) is 0. The Kier molecular flexibility index (Phi) is 3.69. The van der Waals surface area contributed by atoms with Gasteiger partial charge in [-0.3, -0.25) is 4.40 Å². The van der Waals surface area contributed by atoms with Gasteiger partial charge in [0.25, 0.3) is 0 Å². The summed E-state index contributed by atoms with van der Waals surface area (Å²) in [4.78, 5) is 5.50. The van der Waals surface area contributed by atoms with Gasteiger partial charge >= 0.3 is 0 Å². The minimum Gasteiger partial charge on any atom is -0.330 e. The van der Waals surface area contributed by atoms with Gasteiger partial charge in [0, 0.05) is 17.5 Å². The number of fused-ring (bicyclic) bond motifs is 1. The Bertz CT molecular complexity index is 920. The number of nitrogens with zero attached hydrogens (tertiary/aromatic N) is 2. The van der Waals surface area contributed by atoms with Crippen molar-refractivity contribution in [3.05, 3.63) is 71.9 Å². The zero-order valence-electron chi connectivity index (χ0n) is 12.6. The van der Waals surface area contributed by atoms with Crippen LogP contribution in [0.4, 0.5) is 0 Å². The van der Waals surface area contributed by atoms with E-state index < -0.39 is 0 Å². The van der Waals surface area contributed by atoms with Crippen LogP contribution in [0.15, 0.2) is 66.2 Å². The Morgan fingerprint density at radius 2 is 1.61 bits per heavy atom. The molecule has 0 saturated carbocycles. The summed E-state index contributed by atoms with van der Waals surface area (Å²) in [5.41, 5.74) is 11.7. The summed E-state index contributed by atoms with van der Waals surface area (Å²) >= 11 is 1.67. The first kappa shape index (κ1) is 14.2. The summed E-state index contributed by atoms with van der Waals surface area (Å²) in [6, 6.07) is 19.1. The standard InChI is InChI=1S/C19H17N3S/c20-11-10-17-12-21-19-22(17)18(13-23-19)16-8-6-15(7-9-16)14-4-2-1-3-5-14/h1-9,12-13H,10-11,20H2. The Morgan fingerprint density at radius 1 is 0.913 bits per heavy atom. The van der Waals surface area contributed by atoms with E-state index in [1.54, 1.807) is 11.3 Å². The highest BCUT2D eigenvalue weighted by atomic mass is 32.1. The average Bonchev–Trinajstić information content (AvgIpc) is 3.19. The molecule has 0 aliphatic rings. The maximum atomic E-state index is 5.71. The van der Waals surface area contributed by atoms with Crippen LogP contribution in [-0.4, -0.2) is 15.9 Å². The summed E-state index contributed by atoms with van der Waals surface area (Å²) in [7, 11) is 0. The Hall–Kier alpha value is -2.43. The van der Waals surface area contributed by atoms with Gasteiger partial charge in [-0.05, 0) is 23.2 Å². The zero-order valence-corrected chi connectivity index (χ0v) is 13.5. The molecule has 4 aromatic rings. The van der Waals surface area contributed by atoms with Gasteiger partial charge in [-0.25, -0.2) is 4.98 Å². The first-order valence-corrected chi connectivity index (χ1v) is 8.54. The molecule has 0 amide bonds. The molecule has 2 N–H and O–H groups in total. The molecule has 4 rings (SSSR count). The molecule has 4 heteroatoms. The molecule has 0 fully saturated rings. The first-order chi connectivity index (χ1) is 11.4. The van der Waals surface area contributed by atoms with Gasteiger partial charge in [0.15, 0.2) is 4.96 Å². The Labute approximate surface area is 139 Å². The second-order valence-corrected chi connectivity index (χ2v) is 6.31. The molecule has 0 atom stereocenters. The summed E-state index contributed by atoms with van der Waals surface area (Å²) in [6.45, 7) is 0.635. The van der Waals surface area contributed by atoms with Gasteiger partial charge in [-0.15, -0.1) is 11.3 Å². The quantitative estimate of drug-likeness (QED) is 0.611. The highest BCUT2D eigenvalue weighted by Gasteiger charge is 2.11. The highest BCUT2D eigenvalue weighted by molar-refractivity contribution is 7.15. The predicted octanol–water partition coefficient (Wildman–Crippen LogP) is 4.23. The number of rotatable bonds is 4.